The third kappa shape index (κ3) is 2.64. The molecular formula is C11H15Cl2NO. The SMILES string of the molecule is CC(CN)(CCO)c1cccc(Cl)c1Cl. The molecular weight excluding hydrogens is 233 g/mol. The van der Waals surface area contributed by atoms with Crippen LogP contribution in [0.25, 0.3) is 0 Å². The van der Waals surface area contributed by atoms with Crippen LogP contribution in [0.2, 0.25) is 10.0 Å². The number of aliphatic hydroxyl groups is 1. The Morgan fingerprint density at radius 2 is 2.07 bits per heavy atom. The lowest BCUT2D eigenvalue weighted by molar-refractivity contribution is 0.247. The monoisotopic (exact) mass is 247 g/mol. The number of nitrogens with two attached hydrogens (primary N) is 1. The van der Waals surface area contributed by atoms with Crippen molar-refractivity contribution >= 4 is 23.2 Å². The van der Waals surface area contributed by atoms with E-state index in [1.807, 2.05) is 19.1 Å². The van der Waals surface area contributed by atoms with Crippen LogP contribution in [-0.4, -0.2) is 18.3 Å². The predicted molar refractivity (Wildman–Crippen MR) is 64.6 cm³/mol. The van der Waals surface area contributed by atoms with Crippen LogP contribution < -0.4 is 5.73 Å². The molecule has 0 bridgehead atoms. The zero-order chi connectivity index (χ0) is 11.5. The molecule has 0 aliphatic carbocycles. The van der Waals surface area contributed by atoms with Gasteiger partial charge in [-0.1, -0.05) is 42.3 Å². The van der Waals surface area contributed by atoms with E-state index in [0.717, 1.165) is 5.56 Å². The Kier molecular flexibility index (Phi) is 4.41. The first-order valence-electron chi connectivity index (χ1n) is 4.80. The first-order valence-corrected chi connectivity index (χ1v) is 5.56. The Morgan fingerprint density at radius 1 is 1.40 bits per heavy atom. The molecule has 0 fully saturated rings. The van der Waals surface area contributed by atoms with Crippen LogP contribution in [0.1, 0.15) is 18.9 Å². The highest BCUT2D eigenvalue weighted by atomic mass is 35.5. The van der Waals surface area contributed by atoms with Crippen molar-refractivity contribution in [2.24, 2.45) is 5.73 Å². The zero-order valence-electron chi connectivity index (χ0n) is 8.63. The smallest absolute Gasteiger partial charge is 0.0630 e. The molecule has 0 spiro atoms. The molecule has 0 aliphatic rings. The highest BCUT2D eigenvalue weighted by Gasteiger charge is 2.27. The number of hydrogen-bond donors (Lipinski definition) is 2. The fourth-order valence-corrected chi connectivity index (χ4v) is 2.09. The third-order valence-corrected chi connectivity index (χ3v) is 3.53. The number of halogens is 2. The van der Waals surface area contributed by atoms with E-state index in [9.17, 15) is 0 Å². The molecule has 2 nitrogen and oxygen atoms in total. The van der Waals surface area contributed by atoms with Crippen LogP contribution in [0.15, 0.2) is 18.2 Å². The molecule has 0 heterocycles. The van der Waals surface area contributed by atoms with Gasteiger partial charge in [-0.15, -0.1) is 0 Å². The highest BCUT2D eigenvalue weighted by molar-refractivity contribution is 6.42. The van der Waals surface area contributed by atoms with Crippen LogP contribution in [0.5, 0.6) is 0 Å². The van der Waals surface area contributed by atoms with Gasteiger partial charge in [0.1, 0.15) is 0 Å². The Labute approximate surface area is 100.0 Å². The molecule has 0 amide bonds. The van der Waals surface area contributed by atoms with Gasteiger partial charge in [-0.3, -0.25) is 0 Å². The standard InChI is InChI=1S/C11H15Cl2NO/c1-11(7-14,5-6-15)8-3-2-4-9(12)10(8)13/h2-4,15H,5-7,14H2,1H3. The van der Waals surface area contributed by atoms with Crippen molar-refractivity contribution < 1.29 is 5.11 Å². The summed E-state index contributed by atoms with van der Waals surface area (Å²) in [5, 5.41) is 10.1. The van der Waals surface area contributed by atoms with Crippen LogP contribution in [0, 0.1) is 0 Å². The van der Waals surface area contributed by atoms with Gasteiger partial charge in [0, 0.05) is 18.6 Å². The normalized spacial score (nSPS) is 15.0. The second-order valence-electron chi connectivity index (χ2n) is 3.84. The van der Waals surface area contributed by atoms with Crippen molar-refractivity contribution in [2.45, 2.75) is 18.8 Å². The molecule has 0 saturated heterocycles. The fraction of sp³-hybridized carbons (Fsp3) is 0.455. The predicted octanol–water partition coefficient (Wildman–Crippen LogP) is 2.59. The fourth-order valence-electron chi connectivity index (χ4n) is 1.56. The second-order valence-corrected chi connectivity index (χ2v) is 4.62. The summed E-state index contributed by atoms with van der Waals surface area (Å²) in [6.07, 6.45) is 0.573. The maximum atomic E-state index is 9.02. The molecule has 15 heavy (non-hydrogen) atoms. The van der Waals surface area contributed by atoms with Gasteiger partial charge in [0.05, 0.1) is 10.0 Å². The lowest BCUT2D eigenvalue weighted by atomic mass is 9.80. The van der Waals surface area contributed by atoms with Gasteiger partial charge >= 0.3 is 0 Å². The molecule has 1 aromatic rings. The van der Waals surface area contributed by atoms with Crippen molar-refractivity contribution in [1.29, 1.82) is 0 Å². The molecule has 3 N–H and O–H groups in total. The van der Waals surface area contributed by atoms with Gasteiger partial charge in [0.15, 0.2) is 0 Å². The van der Waals surface area contributed by atoms with E-state index in [1.165, 1.54) is 0 Å². The van der Waals surface area contributed by atoms with Gasteiger partial charge in [0.25, 0.3) is 0 Å². The molecule has 0 aromatic heterocycles. The van der Waals surface area contributed by atoms with Crippen LogP contribution in [0.3, 0.4) is 0 Å². The van der Waals surface area contributed by atoms with Crippen LogP contribution in [-0.2, 0) is 5.41 Å². The average molecular weight is 248 g/mol. The van der Waals surface area contributed by atoms with Crippen molar-refractivity contribution in [3.8, 4) is 0 Å². The molecule has 1 rings (SSSR count). The van der Waals surface area contributed by atoms with Crippen molar-refractivity contribution in [3.05, 3.63) is 33.8 Å². The minimum absolute atomic E-state index is 0.0799. The highest BCUT2D eigenvalue weighted by Crippen LogP contribution is 2.35. The molecule has 0 aliphatic heterocycles. The van der Waals surface area contributed by atoms with E-state index in [1.54, 1.807) is 6.07 Å². The number of aliphatic hydroxyl groups excluding tert-OH is 1. The van der Waals surface area contributed by atoms with E-state index in [2.05, 4.69) is 0 Å². The maximum Gasteiger partial charge on any atom is 0.0630 e. The summed E-state index contributed by atoms with van der Waals surface area (Å²) in [5.74, 6) is 0. The maximum absolute atomic E-state index is 9.02. The minimum atomic E-state index is -0.323. The third-order valence-electron chi connectivity index (χ3n) is 2.72. The summed E-state index contributed by atoms with van der Waals surface area (Å²) in [7, 11) is 0. The number of rotatable bonds is 4. The lowest BCUT2D eigenvalue weighted by Crippen LogP contribution is -2.33. The number of benzene rings is 1. The Morgan fingerprint density at radius 3 is 2.60 bits per heavy atom. The summed E-state index contributed by atoms with van der Waals surface area (Å²) >= 11 is 12.1. The Bertz CT molecular complexity index is 343. The van der Waals surface area contributed by atoms with Gasteiger partial charge < -0.3 is 10.8 Å². The summed E-state index contributed by atoms with van der Waals surface area (Å²) in [6, 6.07) is 5.48. The van der Waals surface area contributed by atoms with Crippen molar-refractivity contribution in [2.75, 3.05) is 13.2 Å². The molecule has 1 atom stereocenters. The van der Waals surface area contributed by atoms with E-state index in [4.69, 9.17) is 34.0 Å². The minimum Gasteiger partial charge on any atom is -0.396 e. The van der Waals surface area contributed by atoms with Crippen molar-refractivity contribution in [3.63, 3.8) is 0 Å². The summed E-state index contributed by atoms with van der Waals surface area (Å²) in [6.45, 7) is 2.48. The molecule has 0 radical (unpaired) electrons. The van der Waals surface area contributed by atoms with E-state index in [0.29, 0.717) is 23.0 Å². The second kappa shape index (κ2) is 5.17. The lowest BCUT2D eigenvalue weighted by Gasteiger charge is -2.29. The van der Waals surface area contributed by atoms with Crippen LogP contribution >= 0.6 is 23.2 Å². The van der Waals surface area contributed by atoms with Crippen LogP contribution in [0.4, 0.5) is 0 Å². The van der Waals surface area contributed by atoms with Gasteiger partial charge in [-0.2, -0.15) is 0 Å². The molecule has 1 unspecified atom stereocenters. The quantitative estimate of drug-likeness (QED) is 0.860. The van der Waals surface area contributed by atoms with Gasteiger partial charge in [-0.25, -0.2) is 0 Å². The van der Waals surface area contributed by atoms with E-state index >= 15 is 0 Å². The van der Waals surface area contributed by atoms with Crippen molar-refractivity contribution in [1.82, 2.24) is 0 Å². The largest absolute Gasteiger partial charge is 0.396 e. The Balaban J connectivity index is 3.17. The molecule has 4 heteroatoms. The first kappa shape index (κ1) is 12.8. The van der Waals surface area contributed by atoms with Gasteiger partial charge in [0.2, 0.25) is 0 Å². The summed E-state index contributed by atoms with van der Waals surface area (Å²) in [5.41, 5.74) is 6.31. The molecule has 84 valence electrons. The topological polar surface area (TPSA) is 46.2 Å². The zero-order valence-corrected chi connectivity index (χ0v) is 10.1. The Hall–Kier alpha value is -0.280. The summed E-state index contributed by atoms with van der Waals surface area (Å²) < 4.78 is 0. The first-order chi connectivity index (χ1) is 7.05. The number of hydrogen-bond acceptors (Lipinski definition) is 2. The molecule has 1 aromatic carbocycles. The average Bonchev–Trinajstić information content (AvgIpc) is 2.22. The van der Waals surface area contributed by atoms with Gasteiger partial charge in [-0.05, 0) is 18.1 Å². The summed E-state index contributed by atoms with van der Waals surface area (Å²) in [4.78, 5) is 0. The van der Waals surface area contributed by atoms with E-state index in [-0.39, 0.29) is 12.0 Å². The van der Waals surface area contributed by atoms with E-state index < -0.39 is 0 Å². The molecule has 0 saturated carbocycles.